The average molecular weight is 713 g/mol. The molecule has 7 aromatic carbocycles. The molecule has 0 saturated carbocycles. The quantitative estimate of drug-likeness (QED) is 0.173. The number of nitrogens with zero attached hydrogens (tertiary/aromatic N) is 2. The number of aromatic nitrogens is 2. The van der Waals surface area contributed by atoms with Crippen molar-refractivity contribution in [1.29, 1.82) is 0 Å². The molecule has 0 unspecified atom stereocenters. The van der Waals surface area contributed by atoms with Gasteiger partial charge in [0.1, 0.15) is 0 Å². The zero-order valence-corrected chi connectivity index (χ0v) is 33.3. The predicted octanol–water partition coefficient (Wildman–Crippen LogP) is 14.4. The van der Waals surface area contributed by atoms with E-state index in [4.69, 9.17) is 0 Å². The van der Waals surface area contributed by atoms with E-state index in [1.807, 2.05) is 0 Å². The Morgan fingerprint density at radius 3 is 1.53 bits per heavy atom. The summed E-state index contributed by atoms with van der Waals surface area (Å²) >= 11 is 0. The molecule has 1 aliphatic carbocycles. The van der Waals surface area contributed by atoms with Crippen LogP contribution in [0.5, 0.6) is 0 Å². The summed E-state index contributed by atoms with van der Waals surface area (Å²) in [6, 6.07) is 54.8. The van der Waals surface area contributed by atoms with Crippen LogP contribution in [-0.4, -0.2) is 9.13 Å². The summed E-state index contributed by atoms with van der Waals surface area (Å²) in [5.74, 6) is 0. The fourth-order valence-corrected chi connectivity index (χ4v) is 9.32. The number of rotatable bonds is 3. The first-order valence-electron chi connectivity index (χ1n) is 19.8. The summed E-state index contributed by atoms with van der Waals surface area (Å²) < 4.78 is 4.95. The van der Waals surface area contributed by atoms with Crippen molar-refractivity contribution >= 4 is 43.6 Å². The average Bonchev–Trinajstić information content (AvgIpc) is 3.76. The molecule has 0 N–H and O–H groups in total. The first-order valence-corrected chi connectivity index (χ1v) is 19.8. The van der Waals surface area contributed by atoms with Gasteiger partial charge in [-0.2, -0.15) is 0 Å². The highest BCUT2D eigenvalue weighted by Crippen LogP contribution is 2.54. The molecule has 1 aliphatic rings. The van der Waals surface area contributed by atoms with Crippen molar-refractivity contribution in [3.05, 3.63) is 168 Å². The molecule has 0 amide bonds. The molecule has 0 saturated heterocycles. The molecule has 0 aliphatic heterocycles. The summed E-state index contributed by atoms with van der Waals surface area (Å²) in [7, 11) is 0. The number of benzene rings is 7. The fraction of sp³-hybridized carbons (Fsp3) is 0.208. The molecule has 2 aromatic heterocycles. The van der Waals surface area contributed by atoms with Gasteiger partial charge in [-0.15, -0.1) is 0 Å². The SMILES string of the molecule is CC(C)(C)c1ccc2c(c1)C(C)(C)c1cc(C(C)(C)C)cc(-n3c4ccccc4c4cc(-c5ccc6c(c5)c5ccccc5n6-c5ccccc5)ccc43)c1-2. The van der Waals surface area contributed by atoms with Crippen LogP contribution in [0.25, 0.3) is 77.2 Å². The summed E-state index contributed by atoms with van der Waals surface area (Å²) in [4.78, 5) is 0. The van der Waals surface area contributed by atoms with Gasteiger partial charge in [-0.3, -0.25) is 0 Å². The van der Waals surface area contributed by atoms with Crippen LogP contribution < -0.4 is 0 Å². The van der Waals surface area contributed by atoms with Crippen molar-refractivity contribution in [3.8, 4) is 33.6 Å². The molecule has 2 heterocycles. The lowest BCUT2D eigenvalue weighted by Gasteiger charge is -2.28. The minimum absolute atomic E-state index is 0.0145. The second-order valence-electron chi connectivity index (χ2n) is 18.3. The highest BCUT2D eigenvalue weighted by atomic mass is 15.0. The monoisotopic (exact) mass is 712 g/mol. The number of hydrogen-bond acceptors (Lipinski definition) is 0. The van der Waals surface area contributed by atoms with Gasteiger partial charge in [-0.05, 0) is 104 Å². The van der Waals surface area contributed by atoms with Gasteiger partial charge in [0.25, 0.3) is 0 Å². The summed E-state index contributed by atoms with van der Waals surface area (Å²) in [5, 5.41) is 5.09. The van der Waals surface area contributed by atoms with Gasteiger partial charge in [0.2, 0.25) is 0 Å². The molecule has 2 nitrogen and oxygen atoms in total. The van der Waals surface area contributed by atoms with Crippen LogP contribution >= 0.6 is 0 Å². The Kier molecular flexibility index (Phi) is 7.09. The Balaban J connectivity index is 1.21. The van der Waals surface area contributed by atoms with Crippen LogP contribution in [-0.2, 0) is 16.2 Å². The van der Waals surface area contributed by atoms with Crippen molar-refractivity contribution < 1.29 is 0 Å². The van der Waals surface area contributed by atoms with Crippen LogP contribution in [0, 0.1) is 0 Å². The molecular weight excluding hydrogens is 665 g/mol. The lowest BCUT2D eigenvalue weighted by atomic mass is 9.77. The van der Waals surface area contributed by atoms with Crippen molar-refractivity contribution in [2.75, 3.05) is 0 Å². The van der Waals surface area contributed by atoms with Gasteiger partial charge < -0.3 is 9.13 Å². The van der Waals surface area contributed by atoms with E-state index in [9.17, 15) is 0 Å². The molecule has 0 bridgehead atoms. The Morgan fingerprint density at radius 2 is 0.927 bits per heavy atom. The normalized spacial score (nSPS) is 14.0. The van der Waals surface area contributed by atoms with Crippen molar-refractivity contribution in [2.24, 2.45) is 0 Å². The lowest BCUT2D eigenvalue weighted by molar-refractivity contribution is 0.580. The molecule has 0 spiro atoms. The van der Waals surface area contributed by atoms with Gasteiger partial charge in [0, 0.05) is 38.2 Å². The lowest BCUT2D eigenvalue weighted by Crippen LogP contribution is -2.19. The van der Waals surface area contributed by atoms with Gasteiger partial charge in [-0.25, -0.2) is 0 Å². The standard InChI is InChI=1S/C53H48N2/c1-51(2,3)35-24-25-40-43(30-35)53(7,8)44-31-36(52(4,5)6)32-49(50(40)44)55-46-21-15-13-19-39(46)42-29-34(23-27-48(42)55)33-22-26-47-41(28-33)38-18-12-14-20-45(38)54(47)37-16-10-9-11-17-37/h9-32H,1-8H3. The molecule has 10 rings (SSSR count). The van der Waals surface area contributed by atoms with E-state index in [2.05, 4.69) is 210 Å². The highest BCUT2D eigenvalue weighted by Gasteiger charge is 2.39. The largest absolute Gasteiger partial charge is 0.309 e. The minimum atomic E-state index is -0.129. The summed E-state index contributed by atoms with van der Waals surface area (Å²) in [6.45, 7) is 18.8. The first-order chi connectivity index (χ1) is 26.3. The second-order valence-corrected chi connectivity index (χ2v) is 18.3. The van der Waals surface area contributed by atoms with Crippen LogP contribution in [0.4, 0.5) is 0 Å². The second kappa shape index (κ2) is 11.6. The molecule has 9 aromatic rings. The summed E-state index contributed by atoms with van der Waals surface area (Å²) in [5.41, 5.74) is 18.1. The van der Waals surface area contributed by atoms with Crippen molar-refractivity contribution in [3.63, 3.8) is 0 Å². The van der Waals surface area contributed by atoms with E-state index in [1.54, 1.807) is 0 Å². The molecule has 2 heteroatoms. The third-order valence-electron chi connectivity index (χ3n) is 12.4. The van der Waals surface area contributed by atoms with Crippen LogP contribution in [0.2, 0.25) is 0 Å². The Hall–Kier alpha value is -5.86. The van der Waals surface area contributed by atoms with E-state index in [1.165, 1.54) is 99.5 Å². The van der Waals surface area contributed by atoms with Crippen LogP contribution in [0.15, 0.2) is 146 Å². The number of para-hydroxylation sites is 3. The molecule has 270 valence electrons. The Labute approximate surface area is 324 Å². The molecule has 0 radical (unpaired) electrons. The maximum atomic E-state index is 2.56. The maximum absolute atomic E-state index is 2.56. The molecule has 0 fully saturated rings. The van der Waals surface area contributed by atoms with Crippen molar-refractivity contribution in [1.82, 2.24) is 9.13 Å². The fourth-order valence-electron chi connectivity index (χ4n) is 9.32. The first kappa shape index (κ1) is 33.7. The van der Waals surface area contributed by atoms with E-state index in [0.29, 0.717) is 0 Å². The number of fused-ring (bicyclic) bond motifs is 9. The van der Waals surface area contributed by atoms with Gasteiger partial charge >= 0.3 is 0 Å². The van der Waals surface area contributed by atoms with E-state index in [0.717, 1.165) is 0 Å². The molecule has 55 heavy (non-hydrogen) atoms. The zero-order chi connectivity index (χ0) is 38.0. The Bertz CT molecular complexity index is 3010. The highest BCUT2D eigenvalue weighted by molar-refractivity contribution is 6.13. The third-order valence-corrected chi connectivity index (χ3v) is 12.4. The van der Waals surface area contributed by atoms with E-state index in [-0.39, 0.29) is 16.2 Å². The summed E-state index contributed by atoms with van der Waals surface area (Å²) in [6.07, 6.45) is 0. The van der Waals surface area contributed by atoms with Crippen LogP contribution in [0.1, 0.15) is 77.6 Å². The minimum Gasteiger partial charge on any atom is -0.309 e. The third kappa shape index (κ3) is 5.00. The number of hydrogen-bond donors (Lipinski definition) is 0. The topological polar surface area (TPSA) is 9.86 Å². The molecular formula is C53H48N2. The van der Waals surface area contributed by atoms with Gasteiger partial charge in [0.05, 0.1) is 27.8 Å². The predicted molar refractivity (Wildman–Crippen MR) is 236 cm³/mol. The Morgan fingerprint density at radius 1 is 0.418 bits per heavy atom. The van der Waals surface area contributed by atoms with Gasteiger partial charge in [-0.1, -0.05) is 146 Å². The van der Waals surface area contributed by atoms with Crippen LogP contribution in [0.3, 0.4) is 0 Å². The van der Waals surface area contributed by atoms with E-state index >= 15 is 0 Å². The zero-order valence-electron chi connectivity index (χ0n) is 33.3. The molecule has 0 atom stereocenters. The smallest absolute Gasteiger partial charge is 0.0546 e. The van der Waals surface area contributed by atoms with Crippen molar-refractivity contribution in [2.45, 2.75) is 71.6 Å². The maximum Gasteiger partial charge on any atom is 0.0546 e. The van der Waals surface area contributed by atoms with E-state index < -0.39 is 0 Å². The van der Waals surface area contributed by atoms with Gasteiger partial charge in [0.15, 0.2) is 0 Å².